The van der Waals surface area contributed by atoms with Crippen molar-refractivity contribution in [1.82, 2.24) is 4.57 Å². The first-order valence-electron chi connectivity index (χ1n) is 10.9. The van der Waals surface area contributed by atoms with Gasteiger partial charge in [0.2, 0.25) is 0 Å². The number of para-hydroxylation sites is 1. The molecule has 5 nitrogen and oxygen atoms in total. The van der Waals surface area contributed by atoms with Crippen molar-refractivity contribution in [3.8, 4) is 5.75 Å². The van der Waals surface area contributed by atoms with E-state index in [4.69, 9.17) is 16.3 Å². The number of thioether (sulfide) groups is 1. The standard InChI is InChI=1S/C27H20BrClN2O3S/c1-17-5-2-3-8-24(17)34-12-11-30-16-18(22-14-19(28)9-10-23(22)30)13-25-26(32)31(27(33)35-25)21-7-4-6-20(29)15-21/h2-10,13-16H,11-12H2,1H3/b25-13-. The molecule has 8 heteroatoms. The molecular weight excluding hydrogens is 548 g/mol. The molecule has 1 aliphatic rings. The van der Waals surface area contributed by atoms with E-state index >= 15 is 0 Å². The van der Waals surface area contributed by atoms with Gasteiger partial charge in [0.05, 0.1) is 17.1 Å². The first-order valence-corrected chi connectivity index (χ1v) is 12.9. The maximum Gasteiger partial charge on any atom is 0.298 e. The number of fused-ring (bicyclic) bond motifs is 1. The van der Waals surface area contributed by atoms with Gasteiger partial charge in [-0.05, 0) is 72.8 Å². The summed E-state index contributed by atoms with van der Waals surface area (Å²) < 4.78 is 9.03. The van der Waals surface area contributed by atoms with Crippen LogP contribution in [-0.4, -0.2) is 22.3 Å². The van der Waals surface area contributed by atoms with Gasteiger partial charge in [-0.1, -0.05) is 51.8 Å². The Kier molecular flexibility index (Phi) is 6.73. The lowest BCUT2D eigenvalue weighted by Gasteiger charge is -2.12. The van der Waals surface area contributed by atoms with Crippen LogP contribution >= 0.6 is 39.3 Å². The van der Waals surface area contributed by atoms with Crippen molar-refractivity contribution in [2.75, 3.05) is 11.5 Å². The first-order chi connectivity index (χ1) is 16.9. The Morgan fingerprint density at radius 3 is 2.69 bits per heavy atom. The smallest absolute Gasteiger partial charge is 0.298 e. The minimum absolute atomic E-state index is 0.347. The average molecular weight is 568 g/mol. The summed E-state index contributed by atoms with van der Waals surface area (Å²) in [6.07, 6.45) is 3.77. The molecule has 2 amide bonds. The Morgan fingerprint density at radius 2 is 1.89 bits per heavy atom. The minimum atomic E-state index is -0.360. The van der Waals surface area contributed by atoms with Gasteiger partial charge in [-0.2, -0.15) is 0 Å². The van der Waals surface area contributed by atoms with Crippen molar-refractivity contribution >= 4 is 73.1 Å². The maximum atomic E-state index is 13.1. The van der Waals surface area contributed by atoms with E-state index in [0.717, 1.165) is 48.9 Å². The van der Waals surface area contributed by atoms with E-state index in [-0.39, 0.29) is 11.1 Å². The van der Waals surface area contributed by atoms with E-state index in [2.05, 4.69) is 20.5 Å². The highest BCUT2D eigenvalue weighted by atomic mass is 79.9. The maximum absolute atomic E-state index is 13.1. The number of amides is 2. The zero-order chi connectivity index (χ0) is 24.5. The molecule has 1 aromatic heterocycles. The predicted molar refractivity (Wildman–Crippen MR) is 146 cm³/mol. The molecule has 1 fully saturated rings. The second-order valence-corrected chi connectivity index (χ2v) is 10.4. The van der Waals surface area contributed by atoms with Crippen LogP contribution in [0.25, 0.3) is 17.0 Å². The second kappa shape index (κ2) is 9.93. The Balaban J connectivity index is 1.44. The third-order valence-electron chi connectivity index (χ3n) is 5.70. The number of aryl methyl sites for hydroxylation is 1. The van der Waals surface area contributed by atoms with E-state index in [1.54, 1.807) is 30.3 Å². The monoisotopic (exact) mass is 566 g/mol. The quantitative estimate of drug-likeness (QED) is 0.224. The van der Waals surface area contributed by atoms with Crippen molar-refractivity contribution < 1.29 is 14.3 Å². The highest BCUT2D eigenvalue weighted by Crippen LogP contribution is 2.38. The molecule has 4 aromatic rings. The van der Waals surface area contributed by atoms with Gasteiger partial charge in [-0.25, -0.2) is 4.90 Å². The number of aromatic nitrogens is 1. The van der Waals surface area contributed by atoms with Crippen molar-refractivity contribution in [1.29, 1.82) is 0 Å². The van der Waals surface area contributed by atoms with Crippen LogP contribution < -0.4 is 9.64 Å². The molecule has 0 radical (unpaired) electrons. The largest absolute Gasteiger partial charge is 0.491 e. The lowest BCUT2D eigenvalue weighted by Crippen LogP contribution is -2.27. The van der Waals surface area contributed by atoms with Crippen molar-refractivity contribution in [2.45, 2.75) is 13.5 Å². The zero-order valence-corrected chi connectivity index (χ0v) is 21.9. The number of anilines is 1. The van der Waals surface area contributed by atoms with Gasteiger partial charge in [0.25, 0.3) is 11.1 Å². The molecular formula is C27H20BrClN2O3S. The molecule has 2 heterocycles. The molecule has 35 heavy (non-hydrogen) atoms. The van der Waals surface area contributed by atoms with Crippen LogP contribution in [0.3, 0.4) is 0 Å². The van der Waals surface area contributed by atoms with Gasteiger partial charge in [0, 0.05) is 32.2 Å². The Labute approximate surface area is 220 Å². The van der Waals surface area contributed by atoms with Crippen molar-refractivity contribution in [3.63, 3.8) is 0 Å². The number of hydrogen-bond donors (Lipinski definition) is 0. The predicted octanol–water partition coefficient (Wildman–Crippen LogP) is 7.69. The number of imide groups is 1. The molecule has 5 rings (SSSR count). The van der Waals surface area contributed by atoms with E-state index in [0.29, 0.717) is 28.8 Å². The summed E-state index contributed by atoms with van der Waals surface area (Å²) in [5, 5.41) is 1.09. The molecule has 0 aliphatic carbocycles. The summed E-state index contributed by atoms with van der Waals surface area (Å²) in [6.45, 7) is 3.15. The molecule has 0 atom stereocenters. The number of nitrogens with zero attached hydrogens (tertiary/aromatic N) is 2. The molecule has 1 saturated heterocycles. The van der Waals surface area contributed by atoms with Crippen LogP contribution in [0, 0.1) is 6.92 Å². The molecule has 0 unspecified atom stereocenters. The van der Waals surface area contributed by atoms with Crippen LogP contribution in [0.5, 0.6) is 5.75 Å². The van der Waals surface area contributed by atoms with Gasteiger partial charge >= 0.3 is 0 Å². The zero-order valence-electron chi connectivity index (χ0n) is 18.7. The van der Waals surface area contributed by atoms with Crippen LogP contribution in [0.2, 0.25) is 5.02 Å². The van der Waals surface area contributed by atoms with Gasteiger partial charge in [0.15, 0.2) is 0 Å². The van der Waals surface area contributed by atoms with Crippen LogP contribution in [0.1, 0.15) is 11.1 Å². The van der Waals surface area contributed by atoms with E-state index < -0.39 is 0 Å². The third-order valence-corrected chi connectivity index (χ3v) is 7.30. The summed E-state index contributed by atoms with van der Waals surface area (Å²) in [5.41, 5.74) is 3.42. The molecule has 176 valence electrons. The van der Waals surface area contributed by atoms with Crippen LogP contribution in [0.15, 0.2) is 82.3 Å². The van der Waals surface area contributed by atoms with Gasteiger partial charge < -0.3 is 9.30 Å². The average Bonchev–Trinajstić information content (AvgIpc) is 3.30. The topological polar surface area (TPSA) is 51.5 Å². The summed E-state index contributed by atoms with van der Waals surface area (Å²) in [4.78, 5) is 27.3. The number of ether oxygens (including phenoxy) is 1. The van der Waals surface area contributed by atoms with E-state index in [9.17, 15) is 9.59 Å². The Hall–Kier alpha value is -3.00. The second-order valence-electron chi connectivity index (χ2n) is 8.05. The molecule has 1 aliphatic heterocycles. The Bertz CT molecular complexity index is 1500. The van der Waals surface area contributed by atoms with Crippen molar-refractivity contribution in [3.05, 3.63) is 98.5 Å². The summed E-state index contributed by atoms with van der Waals surface area (Å²) in [5.74, 6) is 0.502. The van der Waals surface area contributed by atoms with Crippen LogP contribution in [0.4, 0.5) is 10.5 Å². The summed E-state index contributed by atoms with van der Waals surface area (Å²) >= 11 is 10.5. The number of benzene rings is 3. The molecule has 0 N–H and O–H groups in total. The molecule has 0 spiro atoms. The fourth-order valence-corrected chi connectivity index (χ4v) is 5.39. The highest BCUT2D eigenvalue weighted by Gasteiger charge is 2.36. The number of hydrogen-bond acceptors (Lipinski definition) is 4. The summed E-state index contributed by atoms with van der Waals surface area (Å²) in [6, 6.07) is 20.7. The molecule has 0 bridgehead atoms. The SMILES string of the molecule is Cc1ccccc1OCCn1cc(/C=C2\SC(=O)N(c3cccc(Cl)c3)C2=O)c2cc(Br)ccc21. The fourth-order valence-electron chi connectivity index (χ4n) is 4.02. The number of carbonyl (C=O) groups excluding carboxylic acids is 2. The molecule has 3 aromatic carbocycles. The lowest BCUT2D eigenvalue weighted by atomic mass is 10.1. The van der Waals surface area contributed by atoms with Crippen molar-refractivity contribution in [2.24, 2.45) is 0 Å². The third kappa shape index (κ3) is 4.89. The number of carbonyl (C=O) groups is 2. The highest BCUT2D eigenvalue weighted by molar-refractivity contribution is 9.10. The normalized spacial score (nSPS) is 14.9. The fraction of sp³-hybridized carbons (Fsp3) is 0.111. The number of halogens is 2. The van der Waals surface area contributed by atoms with E-state index in [1.807, 2.05) is 55.6 Å². The van der Waals surface area contributed by atoms with E-state index in [1.165, 1.54) is 0 Å². The van der Waals surface area contributed by atoms with Gasteiger partial charge in [-0.3, -0.25) is 9.59 Å². The minimum Gasteiger partial charge on any atom is -0.491 e. The number of rotatable bonds is 6. The molecule has 0 saturated carbocycles. The van der Waals surface area contributed by atoms with Gasteiger partial charge in [0.1, 0.15) is 12.4 Å². The lowest BCUT2D eigenvalue weighted by molar-refractivity contribution is -0.113. The first kappa shape index (κ1) is 23.7. The summed E-state index contributed by atoms with van der Waals surface area (Å²) in [7, 11) is 0. The van der Waals surface area contributed by atoms with Gasteiger partial charge in [-0.15, -0.1) is 0 Å². The Morgan fingerprint density at radius 1 is 1.06 bits per heavy atom. The van der Waals surface area contributed by atoms with Crippen LogP contribution in [-0.2, 0) is 11.3 Å².